The van der Waals surface area contributed by atoms with Gasteiger partial charge in [-0.05, 0) is 5.92 Å². The second-order valence-electron chi connectivity index (χ2n) is 4.17. The maximum atomic E-state index is 11.4. The van der Waals surface area contributed by atoms with Crippen LogP contribution in [0.25, 0.3) is 0 Å². The van der Waals surface area contributed by atoms with Gasteiger partial charge in [0, 0.05) is 6.54 Å². The molecule has 1 atom stereocenters. The van der Waals surface area contributed by atoms with E-state index in [0.717, 1.165) is 0 Å². The molecule has 0 aliphatic carbocycles. The maximum Gasteiger partial charge on any atom is 0.323 e. The summed E-state index contributed by atoms with van der Waals surface area (Å²) in [6.07, 6.45) is 1.49. The van der Waals surface area contributed by atoms with Crippen molar-refractivity contribution < 1.29 is 19.1 Å². The molecule has 1 unspecified atom stereocenters. The van der Waals surface area contributed by atoms with Crippen LogP contribution in [0.1, 0.15) is 13.8 Å². The number of carbonyl (C=O) groups is 3. The molecule has 0 radical (unpaired) electrons. The average molecular weight is 271 g/mol. The van der Waals surface area contributed by atoms with Gasteiger partial charge >= 0.3 is 12.0 Å². The van der Waals surface area contributed by atoms with E-state index in [-0.39, 0.29) is 19.0 Å². The van der Waals surface area contributed by atoms with Crippen LogP contribution in [0.2, 0.25) is 0 Å². The summed E-state index contributed by atoms with van der Waals surface area (Å²) >= 11 is 0. The fraction of sp³-hybridized carbons (Fsp3) is 0.583. The summed E-state index contributed by atoms with van der Waals surface area (Å²) in [5.41, 5.74) is 0. The van der Waals surface area contributed by atoms with Gasteiger partial charge in [-0.3, -0.25) is 20.2 Å². The number of carbonyl (C=O) groups excluding carboxylic acids is 3. The quantitative estimate of drug-likeness (QED) is 0.439. The Morgan fingerprint density at radius 1 is 1.32 bits per heavy atom. The number of esters is 1. The first kappa shape index (κ1) is 17.1. The van der Waals surface area contributed by atoms with Gasteiger partial charge in [-0.15, -0.1) is 6.58 Å². The van der Waals surface area contributed by atoms with E-state index in [9.17, 15) is 14.4 Å². The van der Waals surface area contributed by atoms with E-state index in [1.807, 2.05) is 13.8 Å². The Balaban J connectivity index is 4.15. The highest BCUT2D eigenvalue weighted by atomic mass is 16.5. The molecule has 0 aliphatic rings. The summed E-state index contributed by atoms with van der Waals surface area (Å²) in [7, 11) is 1.28. The fourth-order valence-corrected chi connectivity index (χ4v) is 1.30. The van der Waals surface area contributed by atoms with Crippen LogP contribution in [-0.2, 0) is 14.3 Å². The van der Waals surface area contributed by atoms with Gasteiger partial charge in [0.15, 0.2) is 0 Å². The molecule has 0 aromatic carbocycles. The number of imide groups is 1. The van der Waals surface area contributed by atoms with Crippen molar-refractivity contribution in [1.29, 1.82) is 0 Å². The van der Waals surface area contributed by atoms with Gasteiger partial charge < -0.3 is 10.1 Å². The van der Waals surface area contributed by atoms with Crippen molar-refractivity contribution in [1.82, 2.24) is 16.0 Å². The van der Waals surface area contributed by atoms with Gasteiger partial charge in [0.2, 0.25) is 5.91 Å². The largest absolute Gasteiger partial charge is 0.468 e. The standard InChI is InChI=1S/C12H21N3O4/c1-5-6-13-12(18)15-9(16)7-14-10(8(2)3)11(17)19-4/h5,8,10,14H,1,6-7H2,2-4H3,(H2,13,15,16,18). The number of amides is 3. The van der Waals surface area contributed by atoms with E-state index >= 15 is 0 Å². The molecule has 3 N–H and O–H groups in total. The maximum absolute atomic E-state index is 11.4. The Morgan fingerprint density at radius 2 is 1.95 bits per heavy atom. The van der Waals surface area contributed by atoms with Crippen molar-refractivity contribution in [3.63, 3.8) is 0 Å². The monoisotopic (exact) mass is 271 g/mol. The summed E-state index contributed by atoms with van der Waals surface area (Å²) in [6.45, 7) is 7.19. The summed E-state index contributed by atoms with van der Waals surface area (Å²) in [6, 6.07) is -1.20. The predicted octanol–water partition coefficient (Wildman–Crippen LogP) is -0.215. The smallest absolute Gasteiger partial charge is 0.323 e. The minimum atomic E-state index is -0.606. The number of methoxy groups -OCH3 is 1. The number of urea groups is 1. The van der Waals surface area contributed by atoms with Crippen LogP contribution in [-0.4, -0.2) is 44.1 Å². The zero-order valence-corrected chi connectivity index (χ0v) is 11.5. The molecule has 0 aliphatic heterocycles. The van der Waals surface area contributed by atoms with Crippen molar-refractivity contribution >= 4 is 17.9 Å². The first-order valence-electron chi connectivity index (χ1n) is 5.92. The number of hydrogen-bond acceptors (Lipinski definition) is 5. The molecule has 0 saturated heterocycles. The minimum absolute atomic E-state index is 0.0326. The third-order valence-electron chi connectivity index (χ3n) is 2.26. The normalized spacial score (nSPS) is 11.6. The summed E-state index contributed by atoms with van der Waals surface area (Å²) < 4.78 is 4.62. The Morgan fingerprint density at radius 3 is 2.42 bits per heavy atom. The van der Waals surface area contributed by atoms with E-state index in [1.165, 1.54) is 13.2 Å². The Kier molecular flexibility index (Phi) is 8.19. The third-order valence-corrected chi connectivity index (χ3v) is 2.26. The van der Waals surface area contributed by atoms with Crippen LogP contribution in [0.15, 0.2) is 12.7 Å². The van der Waals surface area contributed by atoms with Gasteiger partial charge in [-0.25, -0.2) is 4.79 Å². The van der Waals surface area contributed by atoms with E-state index < -0.39 is 23.9 Å². The number of nitrogens with one attached hydrogen (secondary N) is 3. The summed E-state index contributed by atoms with van der Waals surface area (Å²) in [5, 5.41) is 7.26. The molecule has 0 fully saturated rings. The SMILES string of the molecule is C=CCNC(=O)NC(=O)CNC(C(=O)OC)C(C)C. The van der Waals surface area contributed by atoms with Crippen molar-refractivity contribution in [2.45, 2.75) is 19.9 Å². The zero-order valence-electron chi connectivity index (χ0n) is 11.5. The second-order valence-corrected chi connectivity index (χ2v) is 4.17. The molecular formula is C12H21N3O4. The predicted molar refractivity (Wildman–Crippen MR) is 70.4 cm³/mol. The Labute approximate surface area is 112 Å². The lowest BCUT2D eigenvalue weighted by Gasteiger charge is -2.19. The van der Waals surface area contributed by atoms with Crippen LogP contribution < -0.4 is 16.0 Å². The van der Waals surface area contributed by atoms with Gasteiger partial charge in [-0.1, -0.05) is 19.9 Å². The van der Waals surface area contributed by atoms with Gasteiger partial charge in [-0.2, -0.15) is 0 Å². The lowest BCUT2D eigenvalue weighted by Crippen LogP contribution is -2.49. The summed E-state index contributed by atoms with van der Waals surface area (Å²) in [5.74, 6) is -1.01. The Hall–Kier alpha value is -1.89. The van der Waals surface area contributed by atoms with Crippen molar-refractivity contribution in [3.05, 3.63) is 12.7 Å². The Bertz CT molecular complexity index is 342. The molecule has 108 valence electrons. The highest BCUT2D eigenvalue weighted by Gasteiger charge is 2.23. The number of rotatable bonds is 7. The van der Waals surface area contributed by atoms with Crippen molar-refractivity contribution in [3.8, 4) is 0 Å². The van der Waals surface area contributed by atoms with Crippen LogP contribution >= 0.6 is 0 Å². The third kappa shape index (κ3) is 7.20. The van der Waals surface area contributed by atoms with Crippen LogP contribution in [0, 0.1) is 5.92 Å². The van der Waals surface area contributed by atoms with Gasteiger partial charge in [0.1, 0.15) is 6.04 Å². The van der Waals surface area contributed by atoms with Crippen LogP contribution in [0.5, 0.6) is 0 Å². The van der Waals surface area contributed by atoms with E-state index in [1.54, 1.807) is 0 Å². The molecule has 0 aromatic heterocycles. The van der Waals surface area contributed by atoms with E-state index in [0.29, 0.717) is 0 Å². The molecule has 19 heavy (non-hydrogen) atoms. The average Bonchev–Trinajstić information content (AvgIpc) is 2.35. The second kappa shape index (κ2) is 9.09. The van der Waals surface area contributed by atoms with Gasteiger partial charge in [0.25, 0.3) is 0 Å². The first-order valence-corrected chi connectivity index (χ1v) is 5.92. The van der Waals surface area contributed by atoms with E-state index in [2.05, 4.69) is 27.3 Å². The first-order chi connectivity index (χ1) is 8.92. The molecule has 0 rings (SSSR count). The molecule has 0 aromatic rings. The van der Waals surface area contributed by atoms with E-state index in [4.69, 9.17) is 0 Å². The topological polar surface area (TPSA) is 96.5 Å². The van der Waals surface area contributed by atoms with Crippen molar-refractivity contribution in [2.75, 3.05) is 20.2 Å². The van der Waals surface area contributed by atoms with Crippen LogP contribution in [0.3, 0.4) is 0 Å². The molecule has 0 saturated carbocycles. The number of ether oxygens (including phenoxy) is 1. The lowest BCUT2D eigenvalue weighted by molar-refractivity contribution is -0.144. The molecule has 3 amide bonds. The van der Waals surface area contributed by atoms with Crippen molar-refractivity contribution in [2.24, 2.45) is 5.92 Å². The molecule has 7 heteroatoms. The molecule has 0 spiro atoms. The minimum Gasteiger partial charge on any atom is -0.468 e. The molecule has 0 heterocycles. The molecule has 0 bridgehead atoms. The summed E-state index contributed by atoms with van der Waals surface area (Å²) in [4.78, 5) is 34.0. The highest BCUT2D eigenvalue weighted by Crippen LogP contribution is 2.02. The highest BCUT2D eigenvalue weighted by molar-refractivity contribution is 5.95. The van der Waals surface area contributed by atoms with Crippen LogP contribution in [0.4, 0.5) is 4.79 Å². The zero-order chi connectivity index (χ0) is 14.8. The lowest BCUT2D eigenvalue weighted by atomic mass is 10.0. The number of hydrogen-bond donors (Lipinski definition) is 3. The fourth-order valence-electron chi connectivity index (χ4n) is 1.30. The van der Waals surface area contributed by atoms with Gasteiger partial charge in [0.05, 0.1) is 13.7 Å². The molecular weight excluding hydrogens is 250 g/mol. The molecule has 7 nitrogen and oxygen atoms in total.